The van der Waals surface area contributed by atoms with E-state index in [1.54, 1.807) is 0 Å². The summed E-state index contributed by atoms with van der Waals surface area (Å²) in [6.07, 6.45) is 5.66. The number of thiol groups is 1. The molecular weight excluding hydrogens is 234 g/mol. The summed E-state index contributed by atoms with van der Waals surface area (Å²) in [7, 11) is 0. The third-order valence-corrected chi connectivity index (χ3v) is 6.56. The van der Waals surface area contributed by atoms with Gasteiger partial charge >= 0.3 is 0 Å². The fraction of sp³-hybridized carbons (Fsp3) is 1.00. The van der Waals surface area contributed by atoms with Gasteiger partial charge in [-0.3, -0.25) is 4.90 Å². The van der Waals surface area contributed by atoms with Crippen molar-refractivity contribution in [1.82, 2.24) is 4.90 Å². The molecule has 1 heterocycles. The number of thioether (sulfide) groups is 1. The van der Waals surface area contributed by atoms with Crippen LogP contribution in [0.5, 0.6) is 0 Å². The lowest BCUT2D eigenvalue weighted by molar-refractivity contribution is 0.135. The van der Waals surface area contributed by atoms with Crippen LogP contribution in [0, 0.1) is 5.41 Å². The molecule has 3 heteroatoms. The Bertz CT molecular complexity index is 226. The van der Waals surface area contributed by atoms with Crippen molar-refractivity contribution in [2.75, 3.05) is 24.6 Å². The van der Waals surface area contributed by atoms with E-state index in [0.29, 0.717) is 5.41 Å². The SMILES string of the molecule is CC1SCCN(CC2(CS)CCCC2)C1C. The molecule has 1 nitrogen and oxygen atoms in total. The van der Waals surface area contributed by atoms with Crippen molar-refractivity contribution < 1.29 is 0 Å². The molecule has 2 atom stereocenters. The Labute approximate surface area is 110 Å². The van der Waals surface area contributed by atoms with Gasteiger partial charge in [-0.05, 0) is 30.9 Å². The van der Waals surface area contributed by atoms with Gasteiger partial charge in [0.15, 0.2) is 0 Å². The summed E-state index contributed by atoms with van der Waals surface area (Å²) in [5.41, 5.74) is 0.541. The third kappa shape index (κ3) is 2.73. The van der Waals surface area contributed by atoms with Gasteiger partial charge in [-0.1, -0.05) is 19.8 Å². The molecule has 2 fully saturated rings. The molecule has 0 amide bonds. The van der Waals surface area contributed by atoms with E-state index < -0.39 is 0 Å². The molecule has 0 N–H and O–H groups in total. The molecule has 0 aromatic rings. The van der Waals surface area contributed by atoms with Gasteiger partial charge in [0.2, 0.25) is 0 Å². The highest BCUT2D eigenvalue weighted by Crippen LogP contribution is 2.41. The maximum Gasteiger partial charge on any atom is 0.0184 e. The second kappa shape index (κ2) is 5.53. The third-order valence-electron chi connectivity index (χ3n) is 4.55. The zero-order valence-corrected chi connectivity index (χ0v) is 12.3. The van der Waals surface area contributed by atoms with Crippen molar-refractivity contribution in [3.05, 3.63) is 0 Å². The molecule has 1 saturated carbocycles. The first kappa shape index (κ1) is 13.1. The van der Waals surface area contributed by atoms with E-state index in [1.807, 2.05) is 0 Å². The van der Waals surface area contributed by atoms with Crippen LogP contribution in [0.2, 0.25) is 0 Å². The summed E-state index contributed by atoms with van der Waals surface area (Å²) < 4.78 is 0. The monoisotopic (exact) mass is 259 g/mol. The van der Waals surface area contributed by atoms with Gasteiger partial charge < -0.3 is 0 Å². The summed E-state index contributed by atoms with van der Waals surface area (Å²) in [5.74, 6) is 2.39. The Morgan fingerprint density at radius 2 is 2.00 bits per heavy atom. The molecular formula is C13H25NS2. The van der Waals surface area contributed by atoms with Crippen LogP contribution in [-0.2, 0) is 0 Å². The van der Waals surface area contributed by atoms with Gasteiger partial charge in [0, 0.05) is 30.1 Å². The van der Waals surface area contributed by atoms with E-state index in [0.717, 1.165) is 17.0 Å². The Morgan fingerprint density at radius 3 is 2.62 bits per heavy atom. The van der Waals surface area contributed by atoms with E-state index >= 15 is 0 Å². The fourth-order valence-electron chi connectivity index (χ4n) is 3.14. The average molecular weight is 259 g/mol. The molecule has 1 aliphatic heterocycles. The Hall–Kier alpha value is 0.660. The molecule has 2 aliphatic rings. The molecule has 16 heavy (non-hydrogen) atoms. The predicted octanol–water partition coefficient (Wildman–Crippen LogP) is 3.30. The number of rotatable bonds is 3. The first-order valence-corrected chi connectivity index (χ1v) is 8.31. The van der Waals surface area contributed by atoms with E-state index in [9.17, 15) is 0 Å². The molecule has 2 unspecified atom stereocenters. The molecule has 94 valence electrons. The van der Waals surface area contributed by atoms with E-state index in [1.165, 1.54) is 44.5 Å². The van der Waals surface area contributed by atoms with Crippen LogP contribution in [0.1, 0.15) is 39.5 Å². The van der Waals surface area contributed by atoms with Gasteiger partial charge in [-0.15, -0.1) is 0 Å². The van der Waals surface area contributed by atoms with Gasteiger partial charge in [-0.2, -0.15) is 24.4 Å². The minimum absolute atomic E-state index is 0.541. The number of nitrogens with zero attached hydrogens (tertiary/aromatic N) is 1. The highest BCUT2D eigenvalue weighted by Gasteiger charge is 2.37. The zero-order valence-electron chi connectivity index (χ0n) is 10.6. The minimum Gasteiger partial charge on any atom is -0.298 e. The number of hydrogen-bond acceptors (Lipinski definition) is 3. The van der Waals surface area contributed by atoms with Crippen LogP contribution in [0.3, 0.4) is 0 Å². The van der Waals surface area contributed by atoms with Crippen molar-refractivity contribution >= 4 is 24.4 Å². The fourth-order valence-corrected chi connectivity index (χ4v) is 4.72. The van der Waals surface area contributed by atoms with Crippen molar-refractivity contribution in [2.24, 2.45) is 5.41 Å². The van der Waals surface area contributed by atoms with Crippen molar-refractivity contribution in [2.45, 2.75) is 50.8 Å². The second-order valence-electron chi connectivity index (χ2n) is 5.65. The summed E-state index contributed by atoms with van der Waals surface area (Å²) in [6.45, 7) is 7.36. The Balaban J connectivity index is 1.96. The standard InChI is InChI=1S/C13H25NS2/c1-11-12(2)16-8-7-14(11)9-13(10-15)5-3-4-6-13/h11-12,15H,3-10H2,1-2H3. The lowest BCUT2D eigenvalue weighted by atomic mass is 9.87. The first-order chi connectivity index (χ1) is 7.67. The summed E-state index contributed by atoms with van der Waals surface area (Å²) >= 11 is 6.75. The van der Waals surface area contributed by atoms with E-state index in [4.69, 9.17) is 0 Å². The second-order valence-corrected chi connectivity index (χ2v) is 7.45. The number of hydrogen-bond donors (Lipinski definition) is 1. The predicted molar refractivity (Wildman–Crippen MR) is 77.7 cm³/mol. The maximum absolute atomic E-state index is 4.62. The van der Waals surface area contributed by atoms with Gasteiger partial charge in [0.05, 0.1) is 0 Å². The van der Waals surface area contributed by atoms with Crippen LogP contribution in [0.4, 0.5) is 0 Å². The zero-order chi connectivity index (χ0) is 11.6. The lowest BCUT2D eigenvalue weighted by Crippen LogP contribution is -2.49. The average Bonchev–Trinajstić information content (AvgIpc) is 2.74. The molecule has 0 radical (unpaired) electrons. The summed E-state index contributed by atoms with van der Waals surface area (Å²) in [5, 5.41) is 0.798. The Morgan fingerprint density at radius 1 is 1.31 bits per heavy atom. The van der Waals surface area contributed by atoms with Crippen LogP contribution in [0.15, 0.2) is 0 Å². The van der Waals surface area contributed by atoms with Gasteiger partial charge in [0.25, 0.3) is 0 Å². The summed E-state index contributed by atoms with van der Waals surface area (Å²) in [4.78, 5) is 2.72. The maximum atomic E-state index is 4.62. The van der Waals surface area contributed by atoms with Crippen LogP contribution in [-0.4, -0.2) is 40.8 Å². The van der Waals surface area contributed by atoms with Gasteiger partial charge in [-0.25, -0.2) is 0 Å². The van der Waals surface area contributed by atoms with Gasteiger partial charge in [0.1, 0.15) is 0 Å². The molecule has 0 bridgehead atoms. The highest BCUT2D eigenvalue weighted by molar-refractivity contribution is 8.00. The summed E-state index contributed by atoms with van der Waals surface area (Å²) in [6, 6.07) is 0.746. The Kier molecular flexibility index (Phi) is 4.53. The molecule has 1 aliphatic carbocycles. The lowest BCUT2D eigenvalue weighted by Gasteiger charge is -2.42. The van der Waals surface area contributed by atoms with Crippen molar-refractivity contribution in [1.29, 1.82) is 0 Å². The first-order valence-electron chi connectivity index (χ1n) is 6.63. The van der Waals surface area contributed by atoms with E-state index in [-0.39, 0.29) is 0 Å². The minimum atomic E-state index is 0.541. The quantitative estimate of drug-likeness (QED) is 0.775. The largest absolute Gasteiger partial charge is 0.298 e. The normalized spacial score (nSPS) is 35.4. The molecule has 1 saturated heterocycles. The topological polar surface area (TPSA) is 3.24 Å². The smallest absolute Gasteiger partial charge is 0.0184 e. The molecule has 2 rings (SSSR count). The molecule has 0 aromatic carbocycles. The van der Waals surface area contributed by atoms with E-state index in [2.05, 4.69) is 43.1 Å². The van der Waals surface area contributed by atoms with Crippen LogP contribution in [0.25, 0.3) is 0 Å². The molecule has 0 spiro atoms. The molecule has 0 aromatic heterocycles. The highest BCUT2D eigenvalue weighted by atomic mass is 32.2. The van der Waals surface area contributed by atoms with Crippen LogP contribution < -0.4 is 0 Å². The van der Waals surface area contributed by atoms with Crippen molar-refractivity contribution in [3.63, 3.8) is 0 Å². The van der Waals surface area contributed by atoms with Crippen LogP contribution >= 0.6 is 24.4 Å². The van der Waals surface area contributed by atoms with Crippen molar-refractivity contribution in [3.8, 4) is 0 Å².